The molecule has 2 nitrogen and oxygen atoms in total. The molecule has 0 bridgehead atoms. The van der Waals surface area contributed by atoms with Gasteiger partial charge in [0.15, 0.2) is 0 Å². The topological polar surface area (TPSA) is 24.1 Å². The molecule has 0 aliphatic rings. The van der Waals surface area contributed by atoms with Gasteiger partial charge in [-0.05, 0) is 38.1 Å². The Hall–Kier alpha value is -0.860. The molecule has 84 valence electrons. The van der Waals surface area contributed by atoms with Crippen LogP contribution in [-0.4, -0.2) is 14.1 Å². The van der Waals surface area contributed by atoms with E-state index in [0.717, 1.165) is 12.8 Å². The van der Waals surface area contributed by atoms with E-state index in [-0.39, 0.29) is 5.66 Å². The molecule has 0 aliphatic heterocycles. The van der Waals surface area contributed by atoms with Gasteiger partial charge in [-0.3, -0.25) is 10.6 Å². The lowest BCUT2D eigenvalue weighted by Crippen LogP contribution is -2.50. The van der Waals surface area contributed by atoms with Gasteiger partial charge in [-0.1, -0.05) is 38.1 Å². The summed E-state index contributed by atoms with van der Waals surface area (Å²) in [6.45, 7) is 4.39. The fourth-order valence-electron chi connectivity index (χ4n) is 2.18. The molecule has 0 fully saturated rings. The normalized spacial score (nSPS) is 11.7. The molecule has 2 N–H and O–H groups in total. The molecule has 0 saturated carbocycles. The Kier molecular flexibility index (Phi) is 4.30. The van der Waals surface area contributed by atoms with Gasteiger partial charge in [-0.25, -0.2) is 0 Å². The predicted octanol–water partition coefficient (Wildman–Crippen LogP) is 2.25. The smallest absolute Gasteiger partial charge is 0.0945 e. The lowest BCUT2D eigenvalue weighted by atomic mass is 9.91. The monoisotopic (exact) mass is 206 g/mol. The van der Waals surface area contributed by atoms with Crippen LogP contribution < -0.4 is 10.6 Å². The highest BCUT2D eigenvalue weighted by Gasteiger charge is 2.27. The Morgan fingerprint density at radius 3 is 2.13 bits per heavy atom. The molecule has 2 heteroatoms. The van der Waals surface area contributed by atoms with Crippen molar-refractivity contribution in [2.24, 2.45) is 0 Å². The summed E-state index contributed by atoms with van der Waals surface area (Å²) in [7, 11) is 4.01. The van der Waals surface area contributed by atoms with Gasteiger partial charge in [0.1, 0.15) is 0 Å². The van der Waals surface area contributed by atoms with Crippen molar-refractivity contribution in [1.82, 2.24) is 10.6 Å². The van der Waals surface area contributed by atoms with Crippen LogP contribution >= 0.6 is 0 Å². The van der Waals surface area contributed by atoms with E-state index in [0.29, 0.717) is 0 Å². The van der Waals surface area contributed by atoms with Crippen molar-refractivity contribution in [2.75, 3.05) is 14.1 Å². The first kappa shape index (κ1) is 12.2. The fraction of sp³-hybridized carbons (Fsp3) is 0.538. The fourth-order valence-corrected chi connectivity index (χ4v) is 2.18. The number of benzene rings is 1. The maximum atomic E-state index is 3.39. The molecule has 1 rings (SSSR count). The quantitative estimate of drug-likeness (QED) is 0.722. The van der Waals surface area contributed by atoms with Crippen molar-refractivity contribution < 1.29 is 0 Å². The number of hydrogen-bond acceptors (Lipinski definition) is 2. The van der Waals surface area contributed by atoms with Gasteiger partial charge < -0.3 is 0 Å². The summed E-state index contributed by atoms with van der Waals surface area (Å²) in [6, 6.07) is 8.62. The van der Waals surface area contributed by atoms with Crippen LogP contribution in [-0.2, 0) is 12.1 Å². The predicted molar refractivity (Wildman–Crippen MR) is 65.9 cm³/mol. The average molecular weight is 206 g/mol. The molecule has 0 aliphatic carbocycles. The van der Waals surface area contributed by atoms with Gasteiger partial charge in [0, 0.05) is 0 Å². The van der Waals surface area contributed by atoms with Gasteiger partial charge in [0.2, 0.25) is 0 Å². The number of hydrogen-bond donors (Lipinski definition) is 2. The van der Waals surface area contributed by atoms with Crippen molar-refractivity contribution >= 4 is 0 Å². The lowest BCUT2D eigenvalue weighted by molar-refractivity contribution is 0.289. The zero-order valence-corrected chi connectivity index (χ0v) is 10.2. The van der Waals surface area contributed by atoms with Crippen molar-refractivity contribution in [2.45, 2.75) is 32.4 Å². The standard InChI is InChI=1S/C13H22N2/c1-5-11-9-7-8-10-12(11)13(6-2,14-3)15-4/h7-10,14-15H,5-6H2,1-4H3. The largest absolute Gasteiger partial charge is 0.299 e. The highest BCUT2D eigenvalue weighted by molar-refractivity contribution is 5.33. The first-order valence-electron chi connectivity index (χ1n) is 5.70. The van der Waals surface area contributed by atoms with E-state index < -0.39 is 0 Å². The maximum Gasteiger partial charge on any atom is 0.0945 e. The Morgan fingerprint density at radius 2 is 1.67 bits per heavy atom. The molecule has 0 heterocycles. The summed E-state index contributed by atoms with van der Waals surface area (Å²) in [4.78, 5) is 0. The number of rotatable bonds is 5. The molecule has 0 atom stereocenters. The van der Waals surface area contributed by atoms with Crippen molar-refractivity contribution in [3.05, 3.63) is 35.4 Å². The lowest BCUT2D eigenvalue weighted by Gasteiger charge is -2.34. The molecular formula is C13H22N2. The Balaban J connectivity index is 3.21. The second kappa shape index (κ2) is 5.29. The minimum atomic E-state index is -0.0907. The maximum absolute atomic E-state index is 3.39. The summed E-state index contributed by atoms with van der Waals surface area (Å²) in [5.41, 5.74) is 2.68. The van der Waals surface area contributed by atoms with E-state index in [1.165, 1.54) is 11.1 Å². The molecule has 0 radical (unpaired) electrons. The molecule has 0 spiro atoms. The van der Waals surface area contributed by atoms with Crippen molar-refractivity contribution in [3.8, 4) is 0 Å². The van der Waals surface area contributed by atoms with Gasteiger partial charge in [0.05, 0.1) is 5.66 Å². The van der Waals surface area contributed by atoms with E-state index in [1.54, 1.807) is 0 Å². The van der Waals surface area contributed by atoms with Gasteiger partial charge in [-0.2, -0.15) is 0 Å². The van der Waals surface area contributed by atoms with Crippen LogP contribution in [0.1, 0.15) is 31.4 Å². The van der Waals surface area contributed by atoms with Crippen LogP contribution in [0, 0.1) is 0 Å². The minimum Gasteiger partial charge on any atom is -0.299 e. The summed E-state index contributed by atoms with van der Waals surface area (Å²) in [5, 5.41) is 6.79. The molecular weight excluding hydrogens is 184 g/mol. The average Bonchev–Trinajstić information content (AvgIpc) is 2.33. The zero-order valence-electron chi connectivity index (χ0n) is 10.2. The SMILES string of the molecule is CCc1ccccc1C(CC)(NC)NC. The summed E-state index contributed by atoms with van der Waals surface area (Å²) in [6.07, 6.45) is 2.10. The van der Waals surface area contributed by atoms with Crippen LogP contribution in [0.5, 0.6) is 0 Å². The minimum absolute atomic E-state index is 0.0907. The molecule has 0 unspecified atom stereocenters. The Bertz CT molecular complexity index is 295. The van der Waals surface area contributed by atoms with Gasteiger partial charge in [-0.15, -0.1) is 0 Å². The summed E-state index contributed by atoms with van der Waals surface area (Å²) >= 11 is 0. The highest BCUT2D eigenvalue weighted by atomic mass is 15.2. The molecule has 0 amide bonds. The van der Waals surface area contributed by atoms with Crippen LogP contribution in [0.2, 0.25) is 0 Å². The van der Waals surface area contributed by atoms with Gasteiger partial charge >= 0.3 is 0 Å². The van der Waals surface area contributed by atoms with Crippen LogP contribution in [0.15, 0.2) is 24.3 Å². The highest BCUT2D eigenvalue weighted by Crippen LogP contribution is 2.25. The Labute approximate surface area is 93.1 Å². The van der Waals surface area contributed by atoms with E-state index in [1.807, 2.05) is 14.1 Å². The van der Waals surface area contributed by atoms with Crippen LogP contribution in [0.3, 0.4) is 0 Å². The molecule has 0 saturated heterocycles. The first-order chi connectivity index (χ1) is 7.24. The van der Waals surface area contributed by atoms with Crippen LogP contribution in [0.4, 0.5) is 0 Å². The molecule has 0 aromatic heterocycles. The van der Waals surface area contributed by atoms with E-state index in [9.17, 15) is 0 Å². The summed E-state index contributed by atoms with van der Waals surface area (Å²) in [5.74, 6) is 0. The zero-order chi connectivity index (χ0) is 11.3. The van der Waals surface area contributed by atoms with E-state index >= 15 is 0 Å². The second-order valence-electron chi connectivity index (χ2n) is 3.77. The molecule has 1 aromatic carbocycles. The van der Waals surface area contributed by atoms with Crippen molar-refractivity contribution in [1.29, 1.82) is 0 Å². The number of nitrogens with one attached hydrogen (secondary N) is 2. The van der Waals surface area contributed by atoms with E-state index in [2.05, 4.69) is 48.7 Å². The summed E-state index contributed by atoms with van der Waals surface area (Å²) < 4.78 is 0. The molecule has 1 aromatic rings. The molecule has 15 heavy (non-hydrogen) atoms. The third-order valence-electron chi connectivity index (χ3n) is 3.24. The van der Waals surface area contributed by atoms with Crippen LogP contribution in [0.25, 0.3) is 0 Å². The third-order valence-corrected chi connectivity index (χ3v) is 3.24. The Morgan fingerprint density at radius 1 is 1.07 bits per heavy atom. The third kappa shape index (κ3) is 2.21. The first-order valence-corrected chi connectivity index (χ1v) is 5.70. The number of aryl methyl sites for hydroxylation is 1. The van der Waals surface area contributed by atoms with E-state index in [4.69, 9.17) is 0 Å². The van der Waals surface area contributed by atoms with Crippen molar-refractivity contribution in [3.63, 3.8) is 0 Å². The second-order valence-corrected chi connectivity index (χ2v) is 3.77. The van der Waals surface area contributed by atoms with Gasteiger partial charge in [0.25, 0.3) is 0 Å².